The minimum Gasteiger partial charge on any atom is -0.357 e. The molecule has 2 aromatic rings. The molecular formula is C15H23BrIN5S2. The van der Waals surface area contributed by atoms with Crippen molar-refractivity contribution in [2.75, 3.05) is 32.6 Å². The van der Waals surface area contributed by atoms with Crippen LogP contribution >= 0.6 is 62.6 Å². The fourth-order valence-corrected chi connectivity index (χ4v) is 4.23. The van der Waals surface area contributed by atoms with Crippen molar-refractivity contribution in [3.63, 3.8) is 0 Å². The summed E-state index contributed by atoms with van der Waals surface area (Å²) in [6.07, 6.45) is 0. The highest BCUT2D eigenvalue weighted by molar-refractivity contribution is 14.0. The Kier molecular flexibility index (Phi) is 9.53. The summed E-state index contributed by atoms with van der Waals surface area (Å²) in [5.74, 6) is 0.899. The number of nitrogens with zero attached hydrogens (tertiary/aromatic N) is 4. The number of aliphatic imine (C=N–C) groups is 1. The Labute approximate surface area is 177 Å². The van der Waals surface area contributed by atoms with E-state index in [4.69, 9.17) is 4.99 Å². The van der Waals surface area contributed by atoms with E-state index in [1.807, 2.05) is 19.0 Å². The summed E-state index contributed by atoms with van der Waals surface area (Å²) < 4.78 is 1.15. The first-order valence-electron chi connectivity index (χ1n) is 7.35. The first kappa shape index (κ1) is 21.7. The van der Waals surface area contributed by atoms with E-state index < -0.39 is 0 Å². The van der Waals surface area contributed by atoms with E-state index in [0.717, 1.165) is 33.7 Å². The zero-order chi connectivity index (χ0) is 16.8. The molecule has 0 saturated carbocycles. The summed E-state index contributed by atoms with van der Waals surface area (Å²) in [5, 5.41) is 6.42. The van der Waals surface area contributed by atoms with Gasteiger partial charge in [0.25, 0.3) is 0 Å². The molecule has 0 amide bonds. The van der Waals surface area contributed by atoms with Crippen LogP contribution in [0.3, 0.4) is 0 Å². The largest absolute Gasteiger partial charge is 0.357 e. The first-order valence-corrected chi connectivity index (χ1v) is 9.84. The molecule has 0 unspecified atom stereocenters. The number of thiophene rings is 1. The van der Waals surface area contributed by atoms with E-state index in [1.54, 1.807) is 22.7 Å². The number of hydrogen-bond acceptors (Lipinski definition) is 5. The standard InChI is InChI=1S/C15H22BrN5S2.HI/c1-5-17-14(21(4)9-12-6-7-13(16)23-12)18-8-11-10-22-15(19-11)20(2)3;/h6-7,10H,5,8-9H2,1-4H3,(H,17,18);1H. The molecule has 0 radical (unpaired) electrons. The fourth-order valence-electron chi connectivity index (χ4n) is 1.95. The Morgan fingerprint density at radius 2 is 2.08 bits per heavy atom. The molecule has 2 rings (SSSR count). The molecule has 0 fully saturated rings. The van der Waals surface area contributed by atoms with E-state index >= 15 is 0 Å². The lowest BCUT2D eigenvalue weighted by molar-refractivity contribution is 0.481. The van der Waals surface area contributed by atoms with Gasteiger partial charge in [-0.2, -0.15) is 0 Å². The third-order valence-electron chi connectivity index (χ3n) is 3.03. The van der Waals surface area contributed by atoms with Gasteiger partial charge in [0, 0.05) is 37.9 Å². The molecule has 2 aromatic heterocycles. The van der Waals surface area contributed by atoms with Crippen molar-refractivity contribution >= 4 is 73.7 Å². The molecule has 0 aromatic carbocycles. The second-order valence-corrected chi connectivity index (χ2v) is 8.63. The predicted octanol–water partition coefficient (Wildman–Crippen LogP) is 4.25. The van der Waals surface area contributed by atoms with Gasteiger partial charge in [-0.15, -0.1) is 46.7 Å². The minimum atomic E-state index is 0. The van der Waals surface area contributed by atoms with Crippen molar-refractivity contribution in [1.29, 1.82) is 0 Å². The van der Waals surface area contributed by atoms with Crippen LogP contribution in [0.4, 0.5) is 5.13 Å². The Morgan fingerprint density at radius 3 is 2.62 bits per heavy atom. The number of anilines is 1. The molecule has 134 valence electrons. The van der Waals surface area contributed by atoms with Crippen LogP contribution in [0.1, 0.15) is 17.5 Å². The lowest BCUT2D eigenvalue weighted by Crippen LogP contribution is -2.38. The van der Waals surface area contributed by atoms with E-state index in [2.05, 4.69) is 62.6 Å². The molecule has 5 nitrogen and oxygen atoms in total. The maximum atomic E-state index is 4.71. The van der Waals surface area contributed by atoms with Gasteiger partial charge in [0.2, 0.25) is 0 Å². The lowest BCUT2D eigenvalue weighted by atomic mass is 10.4. The van der Waals surface area contributed by atoms with Gasteiger partial charge in [-0.25, -0.2) is 9.98 Å². The highest BCUT2D eigenvalue weighted by Gasteiger charge is 2.09. The molecular weight excluding hydrogens is 521 g/mol. The van der Waals surface area contributed by atoms with Crippen molar-refractivity contribution in [3.8, 4) is 0 Å². The molecule has 1 N–H and O–H groups in total. The summed E-state index contributed by atoms with van der Waals surface area (Å²) in [5.41, 5.74) is 1.00. The predicted molar refractivity (Wildman–Crippen MR) is 120 cm³/mol. The van der Waals surface area contributed by atoms with Crippen molar-refractivity contribution in [2.24, 2.45) is 4.99 Å². The molecule has 0 bridgehead atoms. The Morgan fingerprint density at radius 1 is 1.33 bits per heavy atom. The van der Waals surface area contributed by atoms with Crippen LogP contribution in [-0.4, -0.2) is 43.5 Å². The number of guanidine groups is 1. The van der Waals surface area contributed by atoms with Crippen LogP contribution in [0.5, 0.6) is 0 Å². The number of rotatable bonds is 6. The fraction of sp³-hybridized carbons (Fsp3) is 0.467. The third kappa shape index (κ3) is 6.49. The van der Waals surface area contributed by atoms with Gasteiger partial charge in [0.1, 0.15) is 0 Å². The highest BCUT2D eigenvalue weighted by atomic mass is 127. The SMILES string of the molecule is CCNC(=NCc1csc(N(C)C)n1)N(C)Cc1ccc(Br)s1.I. The summed E-state index contributed by atoms with van der Waals surface area (Å²) >= 11 is 6.90. The van der Waals surface area contributed by atoms with E-state index in [0.29, 0.717) is 6.54 Å². The zero-order valence-electron chi connectivity index (χ0n) is 14.2. The quantitative estimate of drug-likeness (QED) is 0.336. The zero-order valence-corrected chi connectivity index (χ0v) is 19.8. The molecule has 24 heavy (non-hydrogen) atoms. The smallest absolute Gasteiger partial charge is 0.194 e. The summed E-state index contributed by atoms with van der Waals surface area (Å²) in [7, 11) is 6.06. The van der Waals surface area contributed by atoms with Crippen molar-refractivity contribution in [1.82, 2.24) is 15.2 Å². The van der Waals surface area contributed by atoms with Gasteiger partial charge in [-0.05, 0) is 35.0 Å². The highest BCUT2D eigenvalue weighted by Crippen LogP contribution is 2.23. The molecule has 0 aliphatic carbocycles. The number of nitrogens with one attached hydrogen (secondary N) is 1. The number of halogens is 2. The second kappa shape index (κ2) is 10.6. The van der Waals surface area contributed by atoms with Crippen LogP contribution in [-0.2, 0) is 13.1 Å². The molecule has 0 spiro atoms. The number of thiazole rings is 1. The van der Waals surface area contributed by atoms with Gasteiger partial charge < -0.3 is 15.1 Å². The van der Waals surface area contributed by atoms with Crippen molar-refractivity contribution in [2.45, 2.75) is 20.0 Å². The third-order valence-corrected chi connectivity index (χ3v) is 5.70. The summed E-state index contributed by atoms with van der Waals surface area (Å²) in [4.78, 5) is 14.7. The number of aromatic nitrogens is 1. The Hall–Kier alpha value is -0.390. The maximum absolute atomic E-state index is 4.71. The molecule has 0 aliphatic heterocycles. The van der Waals surface area contributed by atoms with Crippen LogP contribution in [0, 0.1) is 0 Å². The van der Waals surface area contributed by atoms with Crippen LogP contribution in [0.25, 0.3) is 0 Å². The van der Waals surface area contributed by atoms with Crippen LogP contribution in [0.2, 0.25) is 0 Å². The molecule has 9 heteroatoms. The van der Waals surface area contributed by atoms with Gasteiger partial charge in [0.15, 0.2) is 11.1 Å². The second-order valence-electron chi connectivity index (χ2n) is 5.25. The molecule has 0 saturated heterocycles. The van der Waals surface area contributed by atoms with Crippen LogP contribution in [0.15, 0.2) is 26.3 Å². The van der Waals surface area contributed by atoms with Gasteiger partial charge in [-0.1, -0.05) is 0 Å². The average Bonchev–Trinajstić information content (AvgIpc) is 3.12. The van der Waals surface area contributed by atoms with Crippen molar-refractivity contribution < 1.29 is 0 Å². The van der Waals surface area contributed by atoms with Gasteiger partial charge in [-0.3, -0.25) is 0 Å². The normalized spacial score (nSPS) is 11.1. The molecule has 0 aliphatic rings. The van der Waals surface area contributed by atoms with Gasteiger partial charge in [0.05, 0.1) is 22.6 Å². The van der Waals surface area contributed by atoms with E-state index in [-0.39, 0.29) is 24.0 Å². The molecule has 2 heterocycles. The summed E-state index contributed by atoms with van der Waals surface area (Å²) in [6, 6.07) is 4.22. The topological polar surface area (TPSA) is 43.8 Å². The van der Waals surface area contributed by atoms with Crippen molar-refractivity contribution in [3.05, 3.63) is 31.9 Å². The minimum absolute atomic E-state index is 0. The Bertz CT molecular complexity index is 656. The van der Waals surface area contributed by atoms with Crippen LogP contribution < -0.4 is 10.2 Å². The maximum Gasteiger partial charge on any atom is 0.194 e. The summed E-state index contributed by atoms with van der Waals surface area (Å²) in [6.45, 7) is 4.35. The monoisotopic (exact) mass is 543 g/mol. The lowest BCUT2D eigenvalue weighted by Gasteiger charge is -2.21. The van der Waals surface area contributed by atoms with Gasteiger partial charge >= 0.3 is 0 Å². The molecule has 0 atom stereocenters. The van der Waals surface area contributed by atoms with E-state index in [9.17, 15) is 0 Å². The Balaban J connectivity index is 0.00000288. The number of hydrogen-bond donors (Lipinski definition) is 1. The average molecular weight is 544 g/mol. The van der Waals surface area contributed by atoms with E-state index in [1.165, 1.54) is 4.88 Å². The first-order chi connectivity index (χ1) is 11.0.